The van der Waals surface area contributed by atoms with Crippen LogP contribution < -0.4 is 5.32 Å². The van der Waals surface area contributed by atoms with Crippen molar-refractivity contribution >= 4 is 28.2 Å². The van der Waals surface area contributed by atoms with Crippen molar-refractivity contribution in [2.45, 2.75) is 69.6 Å². The van der Waals surface area contributed by atoms with Gasteiger partial charge in [-0.05, 0) is 99.7 Å². The van der Waals surface area contributed by atoms with Crippen LogP contribution in [0.4, 0.5) is 5.00 Å². The first-order valence-corrected chi connectivity index (χ1v) is 12.9. The Balaban J connectivity index is 1.29. The lowest BCUT2D eigenvalue weighted by Gasteiger charge is -2.56. The third kappa shape index (κ3) is 3.30. The predicted octanol–water partition coefficient (Wildman–Crippen LogP) is 5.53. The molecule has 7 rings (SSSR count). The van der Waals surface area contributed by atoms with Gasteiger partial charge in [0.25, 0.3) is 5.91 Å². The number of pyridine rings is 1. The number of esters is 1. The van der Waals surface area contributed by atoms with E-state index in [0.29, 0.717) is 16.1 Å². The number of carbonyl (C=O) groups is 2. The normalized spacial score (nSPS) is 30.1. The number of methoxy groups -OCH3 is 1. The molecule has 0 radical (unpaired) electrons. The number of aromatic nitrogens is 1. The molecule has 1 N–H and O–H groups in total. The van der Waals surface area contributed by atoms with Gasteiger partial charge in [0.05, 0.1) is 12.7 Å². The molecule has 32 heavy (non-hydrogen) atoms. The summed E-state index contributed by atoms with van der Waals surface area (Å²) in [6.45, 7) is 0. The maximum atomic E-state index is 13.3. The van der Waals surface area contributed by atoms with Crippen LogP contribution in [0.3, 0.4) is 0 Å². The van der Waals surface area contributed by atoms with Crippen molar-refractivity contribution in [3.63, 3.8) is 0 Å². The summed E-state index contributed by atoms with van der Waals surface area (Å²) in [6, 6.07) is 3.82. The van der Waals surface area contributed by atoms with Crippen LogP contribution in [0, 0.1) is 17.8 Å². The van der Waals surface area contributed by atoms with Crippen LogP contribution in [0.15, 0.2) is 18.3 Å². The van der Waals surface area contributed by atoms with Crippen LogP contribution in [-0.4, -0.2) is 24.0 Å². The Morgan fingerprint density at radius 2 is 1.78 bits per heavy atom. The summed E-state index contributed by atoms with van der Waals surface area (Å²) in [5.74, 6) is 1.98. The molecule has 168 valence electrons. The van der Waals surface area contributed by atoms with Gasteiger partial charge in [-0.2, -0.15) is 0 Å². The zero-order chi connectivity index (χ0) is 21.9. The van der Waals surface area contributed by atoms with E-state index in [2.05, 4.69) is 5.32 Å². The number of hydrogen-bond acceptors (Lipinski definition) is 5. The topological polar surface area (TPSA) is 68.3 Å². The standard InChI is InChI=1S/C26H30N2O3S/c1-31-25(30)22-19-4-2-3-5-20(19)32-24(22)28-23(29)18-6-7-27-21(11-18)26-12-15-8-16(13-26)10-17(9-15)14-26/h6-7,11,15-17H,2-5,8-10,12-14H2,1H3,(H,28,29). The number of carbonyl (C=O) groups excluding carboxylic acids is 2. The first-order valence-electron chi connectivity index (χ1n) is 12.1. The van der Waals surface area contributed by atoms with Crippen LogP contribution in [0.25, 0.3) is 0 Å². The number of rotatable bonds is 4. The lowest BCUT2D eigenvalue weighted by Crippen LogP contribution is -2.49. The molecule has 2 heterocycles. The average molecular weight is 451 g/mol. The van der Waals surface area contributed by atoms with E-state index in [1.807, 2.05) is 6.07 Å². The highest BCUT2D eigenvalue weighted by Crippen LogP contribution is 2.60. The number of nitrogens with zero attached hydrogens (tertiary/aromatic N) is 1. The Morgan fingerprint density at radius 3 is 2.47 bits per heavy atom. The first-order chi connectivity index (χ1) is 15.5. The fourth-order valence-electron chi connectivity index (χ4n) is 7.43. The summed E-state index contributed by atoms with van der Waals surface area (Å²) in [6.07, 6.45) is 13.7. The second-order valence-electron chi connectivity index (χ2n) is 10.5. The molecule has 5 aliphatic rings. The molecule has 5 nitrogen and oxygen atoms in total. The lowest BCUT2D eigenvalue weighted by atomic mass is 9.48. The van der Waals surface area contributed by atoms with Crippen molar-refractivity contribution in [2.75, 3.05) is 12.4 Å². The van der Waals surface area contributed by atoms with Crippen molar-refractivity contribution in [1.29, 1.82) is 0 Å². The zero-order valence-corrected chi connectivity index (χ0v) is 19.4. The van der Waals surface area contributed by atoms with Gasteiger partial charge in [0, 0.05) is 27.7 Å². The molecule has 0 aliphatic heterocycles. The van der Waals surface area contributed by atoms with E-state index in [9.17, 15) is 9.59 Å². The molecule has 4 fully saturated rings. The van der Waals surface area contributed by atoms with Gasteiger partial charge in [-0.15, -0.1) is 11.3 Å². The number of amides is 1. The van der Waals surface area contributed by atoms with E-state index in [0.717, 1.165) is 54.7 Å². The number of ether oxygens (including phenoxy) is 1. The number of fused-ring (bicyclic) bond motifs is 1. The van der Waals surface area contributed by atoms with Gasteiger partial charge in [-0.25, -0.2) is 4.79 Å². The third-order valence-corrected chi connectivity index (χ3v) is 9.60. The molecular weight excluding hydrogens is 420 g/mol. The largest absolute Gasteiger partial charge is 0.465 e. The highest BCUT2D eigenvalue weighted by molar-refractivity contribution is 7.17. The lowest BCUT2D eigenvalue weighted by molar-refractivity contribution is -0.00721. The fraction of sp³-hybridized carbons (Fsp3) is 0.577. The van der Waals surface area contributed by atoms with E-state index < -0.39 is 0 Å². The Labute approximate surface area is 193 Å². The molecule has 0 unspecified atom stereocenters. The third-order valence-electron chi connectivity index (χ3n) is 8.39. The average Bonchev–Trinajstić information content (AvgIpc) is 3.15. The van der Waals surface area contributed by atoms with Gasteiger partial charge < -0.3 is 10.1 Å². The minimum Gasteiger partial charge on any atom is -0.465 e. The number of nitrogens with one attached hydrogen (secondary N) is 1. The maximum Gasteiger partial charge on any atom is 0.341 e. The molecule has 0 saturated heterocycles. The van der Waals surface area contributed by atoms with Gasteiger partial charge in [-0.3, -0.25) is 9.78 Å². The van der Waals surface area contributed by atoms with E-state index in [4.69, 9.17) is 9.72 Å². The van der Waals surface area contributed by atoms with E-state index >= 15 is 0 Å². The first kappa shape index (κ1) is 20.4. The smallest absolute Gasteiger partial charge is 0.341 e. The molecule has 0 aromatic carbocycles. The van der Waals surface area contributed by atoms with E-state index in [-0.39, 0.29) is 17.3 Å². The Morgan fingerprint density at radius 1 is 1.09 bits per heavy atom. The monoisotopic (exact) mass is 450 g/mol. The molecule has 4 saturated carbocycles. The molecular formula is C26H30N2O3S. The van der Waals surface area contributed by atoms with Crippen LogP contribution >= 0.6 is 11.3 Å². The molecule has 2 aromatic heterocycles. The molecule has 6 heteroatoms. The Hall–Kier alpha value is -2.21. The second kappa shape index (κ2) is 7.68. The highest BCUT2D eigenvalue weighted by Gasteiger charge is 2.52. The van der Waals surface area contributed by atoms with Gasteiger partial charge in [0.15, 0.2) is 0 Å². The fourth-order valence-corrected chi connectivity index (χ4v) is 8.71. The summed E-state index contributed by atoms with van der Waals surface area (Å²) in [7, 11) is 1.40. The predicted molar refractivity (Wildman–Crippen MR) is 124 cm³/mol. The number of hydrogen-bond donors (Lipinski definition) is 1. The summed E-state index contributed by atoms with van der Waals surface area (Å²) < 4.78 is 5.05. The molecule has 2 aromatic rings. The number of thiophene rings is 1. The quantitative estimate of drug-likeness (QED) is 0.622. The van der Waals surface area contributed by atoms with E-state index in [1.54, 1.807) is 12.3 Å². The van der Waals surface area contributed by atoms with Crippen molar-refractivity contribution in [1.82, 2.24) is 4.98 Å². The van der Waals surface area contributed by atoms with Crippen molar-refractivity contribution in [3.8, 4) is 0 Å². The zero-order valence-electron chi connectivity index (χ0n) is 18.6. The SMILES string of the molecule is COC(=O)c1c(NC(=O)c2ccnc(C34CC5CC(CC(C5)C3)C4)c2)sc2c1CCCC2. The van der Waals surface area contributed by atoms with Gasteiger partial charge >= 0.3 is 5.97 Å². The minimum atomic E-state index is -0.358. The summed E-state index contributed by atoms with van der Waals surface area (Å²) in [5.41, 5.74) is 3.50. The van der Waals surface area contributed by atoms with Crippen LogP contribution in [-0.2, 0) is 23.0 Å². The summed E-state index contributed by atoms with van der Waals surface area (Å²) in [4.78, 5) is 31.8. The molecule has 5 aliphatic carbocycles. The Kier molecular flexibility index (Phi) is 4.90. The van der Waals surface area contributed by atoms with Crippen molar-refractivity contribution in [2.24, 2.45) is 17.8 Å². The van der Waals surface area contributed by atoms with Crippen LogP contribution in [0.2, 0.25) is 0 Å². The van der Waals surface area contributed by atoms with Gasteiger partial charge in [-0.1, -0.05) is 0 Å². The second-order valence-corrected chi connectivity index (χ2v) is 11.6. The summed E-state index contributed by atoms with van der Waals surface area (Å²) in [5, 5.41) is 3.68. The molecule has 1 amide bonds. The maximum absolute atomic E-state index is 13.3. The van der Waals surface area contributed by atoms with E-state index in [1.165, 1.54) is 61.8 Å². The molecule has 0 spiro atoms. The Bertz CT molecular complexity index is 1050. The number of aryl methyl sites for hydroxylation is 1. The van der Waals surface area contributed by atoms with Crippen LogP contribution in [0.1, 0.15) is 88.2 Å². The highest BCUT2D eigenvalue weighted by atomic mass is 32.1. The van der Waals surface area contributed by atoms with Gasteiger partial charge in [0.1, 0.15) is 5.00 Å². The van der Waals surface area contributed by atoms with Crippen molar-refractivity contribution in [3.05, 3.63) is 45.6 Å². The number of anilines is 1. The van der Waals surface area contributed by atoms with Crippen LogP contribution in [0.5, 0.6) is 0 Å². The summed E-state index contributed by atoms with van der Waals surface area (Å²) >= 11 is 1.53. The minimum absolute atomic E-state index is 0.157. The van der Waals surface area contributed by atoms with Gasteiger partial charge in [0.2, 0.25) is 0 Å². The van der Waals surface area contributed by atoms with Crippen molar-refractivity contribution < 1.29 is 14.3 Å². The molecule has 0 atom stereocenters. The molecule has 4 bridgehead atoms.